The molecule has 1 aliphatic heterocycles. The van der Waals surface area contributed by atoms with Gasteiger partial charge in [0.2, 0.25) is 11.8 Å². The minimum atomic E-state index is -0.844. The quantitative estimate of drug-likeness (QED) is 0.812. The van der Waals surface area contributed by atoms with Gasteiger partial charge in [0.15, 0.2) is 0 Å². The molecule has 2 rings (SSSR count). The Balaban J connectivity index is 0.00000338. The van der Waals surface area contributed by atoms with E-state index in [4.69, 9.17) is 5.73 Å². The lowest BCUT2D eigenvalue weighted by Crippen LogP contribution is -2.50. The maximum absolute atomic E-state index is 14.1. The minimum absolute atomic E-state index is 0. The first-order valence-electron chi connectivity index (χ1n) is 8.53. The molecule has 1 aliphatic rings. The first-order chi connectivity index (χ1) is 11.8. The van der Waals surface area contributed by atoms with Crippen LogP contribution in [0.3, 0.4) is 0 Å². The number of carbonyl (C=O) groups excluding carboxylic acids is 2. The molecule has 1 saturated heterocycles. The fraction of sp³-hybridized carbons (Fsp3) is 0.556. The standard InChI is InChI=1S/C18H25F2N3O2.ClH/c1-11-5-6-23(14(7-11)10-21)18(25)9-17(22-12(2)24)15-4-3-13(19)8-16(15)20;/h3-4,8,11,14,17H,5-7,9-10,21H2,1-2H3,(H,22,24);1H. The van der Waals surface area contributed by atoms with Crippen LogP contribution < -0.4 is 11.1 Å². The summed E-state index contributed by atoms with van der Waals surface area (Å²) in [7, 11) is 0. The van der Waals surface area contributed by atoms with Gasteiger partial charge in [-0.2, -0.15) is 0 Å². The molecule has 2 amide bonds. The van der Waals surface area contributed by atoms with E-state index < -0.39 is 17.7 Å². The Morgan fingerprint density at radius 1 is 1.38 bits per heavy atom. The second kappa shape index (κ2) is 9.83. The molecule has 3 N–H and O–H groups in total. The molecule has 0 spiro atoms. The van der Waals surface area contributed by atoms with Gasteiger partial charge in [0, 0.05) is 37.7 Å². The van der Waals surface area contributed by atoms with E-state index in [9.17, 15) is 18.4 Å². The van der Waals surface area contributed by atoms with E-state index in [0.29, 0.717) is 19.0 Å². The summed E-state index contributed by atoms with van der Waals surface area (Å²) in [6, 6.07) is 2.23. The molecule has 3 atom stereocenters. The van der Waals surface area contributed by atoms with Crippen LogP contribution in [0.15, 0.2) is 18.2 Å². The number of carbonyl (C=O) groups is 2. The zero-order chi connectivity index (χ0) is 18.6. The number of hydrogen-bond donors (Lipinski definition) is 2. The monoisotopic (exact) mass is 389 g/mol. The molecule has 3 unspecified atom stereocenters. The van der Waals surface area contributed by atoms with Crippen LogP contribution in [0.2, 0.25) is 0 Å². The fourth-order valence-electron chi connectivity index (χ4n) is 3.36. The number of rotatable bonds is 5. The van der Waals surface area contributed by atoms with Crippen LogP contribution in [0, 0.1) is 17.6 Å². The normalized spacial score (nSPS) is 20.9. The molecule has 0 aromatic heterocycles. The Kier molecular flexibility index (Phi) is 8.43. The molecular formula is C18H26ClF2N3O2. The van der Waals surface area contributed by atoms with Crippen LogP contribution in [0.4, 0.5) is 8.78 Å². The largest absolute Gasteiger partial charge is 0.349 e. The predicted molar refractivity (Wildman–Crippen MR) is 97.7 cm³/mol. The number of hydrogen-bond acceptors (Lipinski definition) is 3. The molecule has 1 aromatic rings. The van der Waals surface area contributed by atoms with Gasteiger partial charge in [-0.15, -0.1) is 12.4 Å². The highest BCUT2D eigenvalue weighted by Gasteiger charge is 2.31. The first-order valence-corrected chi connectivity index (χ1v) is 8.53. The summed E-state index contributed by atoms with van der Waals surface area (Å²) in [5.74, 6) is -1.57. The molecule has 5 nitrogen and oxygen atoms in total. The minimum Gasteiger partial charge on any atom is -0.349 e. The zero-order valence-electron chi connectivity index (χ0n) is 15.0. The van der Waals surface area contributed by atoms with Gasteiger partial charge in [-0.1, -0.05) is 13.0 Å². The predicted octanol–water partition coefficient (Wildman–Crippen LogP) is 2.54. The Morgan fingerprint density at radius 2 is 2.08 bits per heavy atom. The van der Waals surface area contributed by atoms with E-state index in [1.54, 1.807) is 4.90 Å². The van der Waals surface area contributed by atoms with Crippen LogP contribution >= 0.6 is 12.4 Å². The number of amides is 2. The molecule has 0 saturated carbocycles. The SMILES string of the molecule is CC(=O)NC(CC(=O)N1CCC(C)CC1CN)c1ccc(F)cc1F.Cl. The molecule has 0 radical (unpaired) electrons. The molecule has 26 heavy (non-hydrogen) atoms. The Hall–Kier alpha value is -1.73. The highest BCUT2D eigenvalue weighted by Crippen LogP contribution is 2.26. The highest BCUT2D eigenvalue weighted by atomic mass is 35.5. The van der Waals surface area contributed by atoms with Gasteiger partial charge in [-0.3, -0.25) is 9.59 Å². The van der Waals surface area contributed by atoms with Gasteiger partial charge in [0.05, 0.1) is 12.5 Å². The molecule has 0 bridgehead atoms. The summed E-state index contributed by atoms with van der Waals surface area (Å²) in [6.45, 7) is 4.38. The summed E-state index contributed by atoms with van der Waals surface area (Å²) in [6.07, 6.45) is 1.63. The van der Waals surface area contributed by atoms with Gasteiger partial charge in [-0.05, 0) is 24.8 Å². The summed E-state index contributed by atoms with van der Waals surface area (Å²) in [5.41, 5.74) is 5.89. The topological polar surface area (TPSA) is 75.4 Å². The lowest BCUT2D eigenvalue weighted by molar-refractivity contribution is -0.136. The Morgan fingerprint density at radius 3 is 2.65 bits per heavy atom. The van der Waals surface area contributed by atoms with Crippen molar-refractivity contribution in [3.05, 3.63) is 35.4 Å². The fourth-order valence-corrected chi connectivity index (χ4v) is 3.36. The van der Waals surface area contributed by atoms with Gasteiger partial charge in [0.1, 0.15) is 11.6 Å². The third-order valence-corrected chi connectivity index (χ3v) is 4.66. The number of halogens is 3. The van der Waals surface area contributed by atoms with Gasteiger partial charge < -0.3 is 16.0 Å². The molecule has 1 fully saturated rings. The molecule has 1 aromatic carbocycles. The van der Waals surface area contributed by atoms with E-state index >= 15 is 0 Å². The second-order valence-corrected chi connectivity index (χ2v) is 6.73. The van der Waals surface area contributed by atoms with Crippen LogP contribution in [0.25, 0.3) is 0 Å². The van der Waals surface area contributed by atoms with Crippen molar-refractivity contribution in [2.24, 2.45) is 11.7 Å². The number of likely N-dealkylation sites (tertiary alicyclic amines) is 1. The smallest absolute Gasteiger partial charge is 0.225 e. The van der Waals surface area contributed by atoms with Crippen molar-refractivity contribution in [2.45, 2.75) is 45.2 Å². The summed E-state index contributed by atoms with van der Waals surface area (Å²) in [4.78, 5) is 25.9. The third-order valence-electron chi connectivity index (χ3n) is 4.66. The summed E-state index contributed by atoms with van der Waals surface area (Å²) < 4.78 is 27.2. The summed E-state index contributed by atoms with van der Waals surface area (Å²) in [5, 5.41) is 2.59. The van der Waals surface area contributed by atoms with Crippen molar-refractivity contribution < 1.29 is 18.4 Å². The highest BCUT2D eigenvalue weighted by molar-refractivity contribution is 5.85. The average Bonchev–Trinajstić information content (AvgIpc) is 2.53. The van der Waals surface area contributed by atoms with E-state index in [1.165, 1.54) is 13.0 Å². The van der Waals surface area contributed by atoms with Crippen LogP contribution in [0.5, 0.6) is 0 Å². The van der Waals surface area contributed by atoms with E-state index in [2.05, 4.69) is 12.2 Å². The third kappa shape index (κ3) is 5.64. The van der Waals surface area contributed by atoms with Gasteiger partial charge in [0.25, 0.3) is 0 Å². The number of benzene rings is 1. The maximum atomic E-state index is 14.1. The number of nitrogens with two attached hydrogens (primary N) is 1. The van der Waals surface area contributed by atoms with Crippen LogP contribution in [-0.2, 0) is 9.59 Å². The van der Waals surface area contributed by atoms with E-state index in [1.807, 2.05) is 0 Å². The van der Waals surface area contributed by atoms with Crippen molar-refractivity contribution >= 4 is 24.2 Å². The molecular weight excluding hydrogens is 364 g/mol. The van der Waals surface area contributed by atoms with Crippen molar-refractivity contribution in [3.63, 3.8) is 0 Å². The lowest BCUT2D eigenvalue weighted by Gasteiger charge is -2.38. The second-order valence-electron chi connectivity index (χ2n) is 6.73. The van der Waals surface area contributed by atoms with Crippen molar-refractivity contribution in [1.29, 1.82) is 0 Å². The molecule has 0 aliphatic carbocycles. The van der Waals surface area contributed by atoms with Gasteiger partial charge in [-0.25, -0.2) is 8.78 Å². The first kappa shape index (κ1) is 22.3. The van der Waals surface area contributed by atoms with Crippen LogP contribution in [0.1, 0.15) is 44.7 Å². The molecule has 1 heterocycles. The number of nitrogens with zero attached hydrogens (tertiary/aromatic N) is 1. The van der Waals surface area contributed by atoms with Crippen molar-refractivity contribution in [3.8, 4) is 0 Å². The van der Waals surface area contributed by atoms with Crippen LogP contribution in [-0.4, -0.2) is 35.8 Å². The van der Waals surface area contributed by atoms with Crippen molar-refractivity contribution in [1.82, 2.24) is 10.2 Å². The van der Waals surface area contributed by atoms with Crippen molar-refractivity contribution in [2.75, 3.05) is 13.1 Å². The average molecular weight is 390 g/mol. The Labute approximate surface area is 158 Å². The van der Waals surface area contributed by atoms with Gasteiger partial charge >= 0.3 is 0 Å². The lowest BCUT2D eigenvalue weighted by atomic mass is 9.91. The Bertz CT molecular complexity index is 645. The molecule has 146 valence electrons. The zero-order valence-corrected chi connectivity index (χ0v) is 15.8. The number of piperidine rings is 1. The van der Waals surface area contributed by atoms with E-state index in [-0.39, 0.29) is 42.2 Å². The summed E-state index contributed by atoms with van der Waals surface area (Å²) >= 11 is 0. The number of nitrogens with one attached hydrogen (secondary N) is 1. The van der Waals surface area contributed by atoms with E-state index in [0.717, 1.165) is 25.0 Å². The molecule has 8 heteroatoms. The maximum Gasteiger partial charge on any atom is 0.225 e.